The second-order valence-electron chi connectivity index (χ2n) is 3.06. The highest BCUT2D eigenvalue weighted by atomic mass is 32.2. The quantitative estimate of drug-likeness (QED) is 0.606. The third-order valence-corrected chi connectivity index (χ3v) is 3.00. The second-order valence-corrected chi connectivity index (χ2v) is 4.14. The maximum absolute atomic E-state index is 11.7. The Bertz CT molecular complexity index is 375. The van der Waals surface area contributed by atoms with Gasteiger partial charge in [0.2, 0.25) is 5.04 Å². The van der Waals surface area contributed by atoms with Gasteiger partial charge in [0.15, 0.2) is 0 Å². The molecule has 1 aromatic heterocycles. The van der Waals surface area contributed by atoms with Crippen molar-refractivity contribution in [3.8, 4) is 0 Å². The summed E-state index contributed by atoms with van der Waals surface area (Å²) in [6.07, 6.45) is 1.57. The zero-order valence-corrected chi connectivity index (χ0v) is 8.74. The van der Waals surface area contributed by atoms with Crippen LogP contribution in [0.2, 0.25) is 0 Å². The van der Waals surface area contributed by atoms with Crippen LogP contribution in [0.3, 0.4) is 0 Å². The van der Waals surface area contributed by atoms with Gasteiger partial charge in [0.05, 0.1) is 12.8 Å². The van der Waals surface area contributed by atoms with E-state index in [1.54, 1.807) is 17.2 Å². The van der Waals surface area contributed by atoms with Gasteiger partial charge in [0.1, 0.15) is 5.76 Å². The molecule has 1 saturated heterocycles. The minimum absolute atomic E-state index is 0.146. The van der Waals surface area contributed by atoms with Crippen molar-refractivity contribution in [3.05, 3.63) is 24.2 Å². The van der Waals surface area contributed by atoms with Crippen LogP contribution in [0.5, 0.6) is 0 Å². The van der Waals surface area contributed by atoms with Gasteiger partial charge in [-0.3, -0.25) is 4.79 Å². The Kier molecular flexibility index (Phi) is 2.96. The number of furan rings is 1. The molecule has 0 saturated carbocycles. The molecule has 0 radical (unpaired) electrons. The second kappa shape index (κ2) is 4.39. The van der Waals surface area contributed by atoms with Crippen molar-refractivity contribution >= 4 is 22.7 Å². The number of hydrogen-bond acceptors (Lipinski definition) is 5. The van der Waals surface area contributed by atoms with E-state index in [-0.39, 0.29) is 11.0 Å². The van der Waals surface area contributed by atoms with Gasteiger partial charge in [-0.15, -0.1) is 0 Å². The van der Waals surface area contributed by atoms with Crippen LogP contribution in [-0.4, -0.2) is 33.4 Å². The molecular formula is C9H10N2O3S. The fraction of sp³-hybridized carbons (Fsp3) is 0.333. The fourth-order valence-electron chi connectivity index (χ4n) is 1.36. The molecule has 15 heavy (non-hydrogen) atoms. The summed E-state index contributed by atoms with van der Waals surface area (Å²) in [5, 5.41) is 11.7. The standard InChI is InChI=1S/C9H10N2O3S/c12-9-8(10-13)15-5-3-11(9)6-7-2-1-4-14-7/h1-2,4,13H,3,5-6H2. The summed E-state index contributed by atoms with van der Waals surface area (Å²) in [5.74, 6) is 1.23. The monoisotopic (exact) mass is 226 g/mol. The lowest BCUT2D eigenvalue weighted by Gasteiger charge is -2.25. The first kappa shape index (κ1) is 10.1. The van der Waals surface area contributed by atoms with Crippen LogP contribution in [-0.2, 0) is 11.3 Å². The molecule has 0 unspecified atom stereocenters. The molecule has 1 aliphatic rings. The van der Waals surface area contributed by atoms with E-state index in [4.69, 9.17) is 9.62 Å². The average Bonchev–Trinajstić information content (AvgIpc) is 2.74. The Labute approximate surface area is 90.7 Å². The SMILES string of the molecule is O=C1C(=NO)SCCN1Cc1ccco1. The average molecular weight is 226 g/mol. The minimum atomic E-state index is -0.245. The number of oxime groups is 1. The Hall–Kier alpha value is -1.43. The molecule has 1 N–H and O–H groups in total. The van der Waals surface area contributed by atoms with Gasteiger partial charge in [0, 0.05) is 12.3 Å². The highest BCUT2D eigenvalue weighted by molar-refractivity contribution is 8.15. The first-order valence-corrected chi connectivity index (χ1v) is 5.46. The molecule has 2 heterocycles. The number of amides is 1. The van der Waals surface area contributed by atoms with E-state index in [0.717, 1.165) is 11.5 Å². The Balaban J connectivity index is 2.06. The topological polar surface area (TPSA) is 66.0 Å². The minimum Gasteiger partial charge on any atom is -0.467 e. The normalized spacial score (nSPS) is 19.9. The van der Waals surface area contributed by atoms with Crippen LogP contribution in [0.15, 0.2) is 28.0 Å². The maximum Gasteiger partial charge on any atom is 0.282 e. The van der Waals surface area contributed by atoms with Crippen molar-refractivity contribution < 1.29 is 14.4 Å². The Morgan fingerprint density at radius 2 is 2.53 bits per heavy atom. The third kappa shape index (κ3) is 2.15. The first-order valence-electron chi connectivity index (χ1n) is 4.48. The summed E-state index contributed by atoms with van der Waals surface area (Å²) < 4.78 is 5.15. The Morgan fingerprint density at radius 3 is 3.20 bits per heavy atom. The zero-order valence-electron chi connectivity index (χ0n) is 7.92. The van der Waals surface area contributed by atoms with E-state index in [1.165, 1.54) is 11.8 Å². The molecule has 5 nitrogen and oxygen atoms in total. The molecule has 1 aliphatic heterocycles. The molecule has 0 spiro atoms. The number of thioether (sulfide) groups is 1. The molecular weight excluding hydrogens is 216 g/mol. The summed E-state index contributed by atoms with van der Waals surface area (Å²) >= 11 is 1.27. The van der Waals surface area contributed by atoms with E-state index in [0.29, 0.717) is 13.1 Å². The lowest BCUT2D eigenvalue weighted by molar-refractivity contribution is -0.124. The van der Waals surface area contributed by atoms with Crippen molar-refractivity contribution in [1.82, 2.24) is 4.90 Å². The summed E-state index contributed by atoms with van der Waals surface area (Å²) in [6, 6.07) is 3.59. The number of carbonyl (C=O) groups is 1. The number of rotatable bonds is 2. The number of hydrogen-bond donors (Lipinski definition) is 1. The summed E-state index contributed by atoms with van der Waals surface area (Å²) in [4.78, 5) is 13.3. The molecule has 80 valence electrons. The molecule has 0 bridgehead atoms. The van der Waals surface area contributed by atoms with Crippen molar-refractivity contribution in [2.75, 3.05) is 12.3 Å². The third-order valence-electron chi connectivity index (χ3n) is 2.09. The van der Waals surface area contributed by atoms with Crippen molar-refractivity contribution in [1.29, 1.82) is 0 Å². The van der Waals surface area contributed by atoms with Gasteiger partial charge in [-0.05, 0) is 12.1 Å². The van der Waals surface area contributed by atoms with Crippen LogP contribution in [0.25, 0.3) is 0 Å². The van der Waals surface area contributed by atoms with Crippen LogP contribution < -0.4 is 0 Å². The van der Waals surface area contributed by atoms with Crippen LogP contribution in [0.1, 0.15) is 5.76 Å². The number of nitrogens with zero attached hydrogens (tertiary/aromatic N) is 2. The highest BCUT2D eigenvalue weighted by Gasteiger charge is 2.26. The van der Waals surface area contributed by atoms with Gasteiger partial charge >= 0.3 is 0 Å². The largest absolute Gasteiger partial charge is 0.467 e. The smallest absolute Gasteiger partial charge is 0.282 e. The van der Waals surface area contributed by atoms with Crippen LogP contribution in [0, 0.1) is 0 Å². The molecule has 0 aromatic carbocycles. The van der Waals surface area contributed by atoms with Gasteiger partial charge in [-0.1, -0.05) is 16.9 Å². The molecule has 0 atom stereocenters. The summed E-state index contributed by atoms with van der Waals surface area (Å²) in [5.41, 5.74) is 0. The van der Waals surface area contributed by atoms with E-state index in [1.807, 2.05) is 6.07 Å². The molecule has 1 amide bonds. The van der Waals surface area contributed by atoms with Crippen molar-refractivity contribution in [2.45, 2.75) is 6.54 Å². The molecule has 0 aliphatic carbocycles. The maximum atomic E-state index is 11.7. The lowest BCUT2D eigenvalue weighted by atomic mass is 10.4. The molecule has 1 fully saturated rings. The fourth-order valence-corrected chi connectivity index (χ4v) is 2.18. The van der Waals surface area contributed by atoms with Crippen LogP contribution >= 0.6 is 11.8 Å². The van der Waals surface area contributed by atoms with Gasteiger partial charge < -0.3 is 14.5 Å². The van der Waals surface area contributed by atoms with E-state index >= 15 is 0 Å². The van der Waals surface area contributed by atoms with Crippen molar-refractivity contribution in [3.63, 3.8) is 0 Å². The summed E-state index contributed by atoms with van der Waals surface area (Å²) in [6.45, 7) is 1.06. The summed E-state index contributed by atoms with van der Waals surface area (Å²) in [7, 11) is 0. The van der Waals surface area contributed by atoms with Crippen molar-refractivity contribution in [2.24, 2.45) is 5.16 Å². The Morgan fingerprint density at radius 1 is 1.67 bits per heavy atom. The predicted molar refractivity (Wildman–Crippen MR) is 55.8 cm³/mol. The van der Waals surface area contributed by atoms with Gasteiger partial charge in [0.25, 0.3) is 5.91 Å². The van der Waals surface area contributed by atoms with E-state index in [9.17, 15) is 4.79 Å². The predicted octanol–water partition coefficient (Wildman–Crippen LogP) is 1.14. The number of carbonyl (C=O) groups excluding carboxylic acids is 1. The molecule has 1 aromatic rings. The zero-order chi connectivity index (χ0) is 10.7. The van der Waals surface area contributed by atoms with E-state index < -0.39 is 0 Å². The molecule has 2 rings (SSSR count). The highest BCUT2D eigenvalue weighted by Crippen LogP contribution is 2.17. The van der Waals surface area contributed by atoms with Gasteiger partial charge in [-0.25, -0.2) is 0 Å². The lowest BCUT2D eigenvalue weighted by Crippen LogP contribution is -2.40. The van der Waals surface area contributed by atoms with Crippen LogP contribution in [0.4, 0.5) is 0 Å². The van der Waals surface area contributed by atoms with Gasteiger partial charge in [-0.2, -0.15) is 0 Å². The molecule has 6 heteroatoms. The van der Waals surface area contributed by atoms with E-state index in [2.05, 4.69) is 5.16 Å². The first-order chi connectivity index (χ1) is 7.31.